The summed E-state index contributed by atoms with van der Waals surface area (Å²) in [6.45, 7) is 2.19. The fourth-order valence-electron chi connectivity index (χ4n) is 6.03. The Morgan fingerprint density at radius 2 is 1.90 bits per heavy atom. The van der Waals surface area contributed by atoms with Gasteiger partial charge in [-0.3, -0.25) is 4.79 Å². The molecule has 0 heterocycles. The van der Waals surface area contributed by atoms with E-state index in [1.807, 2.05) is 6.08 Å². The van der Waals surface area contributed by atoms with Crippen LogP contribution in [0.4, 0.5) is 0 Å². The Morgan fingerprint density at radius 1 is 1.17 bits per heavy atom. The van der Waals surface area contributed by atoms with Crippen molar-refractivity contribution in [2.75, 3.05) is 0 Å². The van der Waals surface area contributed by atoms with Crippen molar-refractivity contribution in [3.63, 3.8) is 0 Å². The maximum Gasteiger partial charge on any atom is 0.303 e. The zero-order chi connectivity index (χ0) is 20.8. The quantitative estimate of drug-likeness (QED) is 0.299. The van der Waals surface area contributed by atoms with Crippen molar-refractivity contribution in [2.45, 2.75) is 96.2 Å². The molecule has 3 fully saturated rings. The smallest absolute Gasteiger partial charge is 0.303 e. The second kappa shape index (κ2) is 10.8. The Hall–Kier alpha value is -1.13. The summed E-state index contributed by atoms with van der Waals surface area (Å²) in [6, 6.07) is 0. The normalized spacial score (nSPS) is 34.4. The molecular formula is C25H40O4. The number of aliphatic hydroxyl groups excluding tert-OH is 2. The average molecular weight is 405 g/mol. The molecule has 4 nitrogen and oxygen atoms in total. The van der Waals surface area contributed by atoms with Crippen molar-refractivity contribution in [1.29, 1.82) is 0 Å². The monoisotopic (exact) mass is 404 g/mol. The van der Waals surface area contributed by atoms with Crippen LogP contribution in [0.1, 0.15) is 84.0 Å². The molecule has 3 aliphatic rings. The van der Waals surface area contributed by atoms with E-state index >= 15 is 0 Å². The summed E-state index contributed by atoms with van der Waals surface area (Å²) in [4.78, 5) is 10.7. The first kappa shape index (κ1) is 22.6. The highest BCUT2D eigenvalue weighted by atomic mass is 16.4. The number of hydrogen-bond donors (Lipinski definition) is 3. The van der Waals surface area contributed by atoms with E-state index in [9.17, 15) is 15.0 Å². The van der Waals surface area contributed by atoms with E-state index in [0.717, 1.165) is 25.7 Å². The summed E-state index contributed by atoms with van der Waals surface area (Å²) >= 11 is 0. The second-order valence-electron chi connectivity index (χ2n) is 9.85. The number of carboxylic acids is 1. The van der Waals surface area contributed by atoms with Crippen LogP contribution in [0.3, 0.4) is 0 Å². The Morgan fingerprint density at radius 3 is 2.59 bits per heavy atom. The van der Waals surface area contributed by atoms with Gasteiger partial charge in [0.2, 0.25) is 0 Å². The summed E-state index contributed by atoms with van der Waals surface area (Å²) in [5.74, 6) is 1.31. The Kier molecular flexibility index (Phi) is 8.37. The molecule has 164 valence electrons. The van der Waals surface area contributed by atoms with Crippen molar-refractivity contribution in [3.05, 3.63) is 23.8 Å². The van der Waals surface area contributed by atoms with Crippen molar-refractivity contribution in [1.82, 2.24) is 0 Å². The molecule has 0 aliphatic heterocycles. The van der Waals surface area contributed by atoms with Crippen LogP contribution < -0.4 is 0 Å². The molecule has 1 unspecified atom stereocenters. The van der Waals surface area contributed by atoms with Gasteiger partial charge < -0.3 is 15.3 Å². The van der Waals surface area contributed by atoms with Crippen LogP contribution >= 0.6 is 0 Å². The molecule has 29 heavy (non-hydrogen) atoms. The number of unbranched alkanes of at least 4 members (excludes halogenated alkanes) is 1. The van der Waals surface area contributed by atoms with Crippen LogP contribution in [-0.4, -0.2) is 33.5 Å². The van der Waals surface area contributed by atoms with Crippen molar-refractivity contribution >= 4 is 5.97 Å². The lowest BCUT2D eigenvalue weighted by atomic mass is 9.83. The fourth-order valence-corrected chi connectivity index (χ4v) is 6.03. The number of aliphatic carboxylic acids is 1. The zero-order valence-corrected chi connectivity index (χ0v) is 18.0. The molecule has 0 spiro atoms. The SMILES string of the molecule is CC(C1CCCCCC1)[C@@H](O)C=C[C@@H]1[C@H]2CC(=CCCCC(=O)O)C[C@@H]2C[C@H]1O. The van der Waals surface area contributed by atoms with Gasteiger partial charge >= 0.3 is 5.97 Å². The number of aliphatic hydroxyl groups is 2. The fraction of sp³-hybridized carbons (Fsp3) is 0.800. The third kappa shape index (κ3) is 6.18. The molecule has 0 radical (unpaired) electrons. The standard InChI is InChI=1S/C25H40O4/c1-17(19-9-4-2-3-5-10-19)23(26)13-12-21-22-15-18(8-6-7-11-25(28)29)14-20(22)16-24(21)27/h8,12-13,17,19-24,26-27H,2-7,9-11,14-16H2,1H3,(H,28,29)/t17?,20-,21-,22+,23+,24-/m1/s1. The molecule has 3 N–H and O–H groups in total. The lowest BCUT2D eigenvalue weighted by Gasteiger charge is -2.26. The van der Waals surface area contributed by atoms with E-state index in [4.69, 9.17) is 5.11 Å². The van der Waals surface area contributed by atoms with Crippen molar-refractivity contribution < 1.29 is 20.1 Å². The van der Waals surface area contributed by atoms with E-state index in [-0.39, 0.29) is 24.4 Å². The summed E-state index contributed by atoms with van der Waals surface area (Å²) in [5, 5.41) is 30.1. The summed E-state index contributed by atoms with van der Waals surface area (Å²) < 4.78 is 0. The first-order valence-electron chi connectivity index (χ1n) is 11.9. The molecule has 4 heteroatoms. The summed E-state index contributed by atoms with van der Waals surface area (Å²) in [5.41, 5.74) is 1.43. The predicted octanol–water partition coefficient (Wildman–Crippen LogP) is 5.10. The van der Waals surface area contributed by atoms with Crippen LogP contribution in [0.15, 0.2) is 23.8 Å². The van der Waals surface area contributed by atoms with E-state index in [2.05, 4.69) is 19.1 Å². The number of carbonyl (C=O) groups is 1. The van der Waals surface area contributed by atoms with Crippen LogP contribution in [0.2, 0.25) is 0 Å². The van der Waals surface area contributed by atoms with Gasteiger partial charge in [0.05, 0.1) is 12.2 Å². The molecule has 0 aromatic rings. The third-order valence-electron chi connectivity index (χ3n) is 7.85. The van der Waals surface area contributed by atoms with Crippen molar-refractivity contribution in [2.24, 2.45) is 29.6 Å². The summed E-state index contributed by atoms with van der Waals surface area (Å²) in [7, 11) is 0. The molecule has 0 aromatic carbocycles. The predicted molar refractivity (Wildman–Crippen MR) is 115 cm³/mol. The highest BCUT2D eigenvalue weighted by molar-refractivity contribution is 5.66. The maximum atomic E-state index is 10.8. The van der Waals surface area contributed by atoms with Gasteiger partial charge in [-0.1, -0.05) is 69.2 Å². The lowest BCUT2D eigenvalue weighted by Crippen LogP contribution is -2.24. The van der Waals surface area contributed by atoms with Crippen LogP contribution in [0.25, 0.3) is 0 Å². The minimum absolute atomic E-state index is 0.140. The molecular weight excluding hydrogens is 364 g/mol. The number of rotatable bonds is 8. The average Bonchev–Trinajstić information content (AvgIpc) is 3.05. The van der Waals surface area contributed by atoms with E-state index in [0.29, 0.717) is 24.2 Å². The van der Waals surface area contributed by atoms with Gasteiger partial charge in [-0.25, -0.2) is 0 Å². The van der Waals surface area contributed by atoms with Gasteiger partial charge in [0, 0.05) is 12.3 Å². The highest BCUT2D eigenvalue weighted by Gasteiger charge is 2.45. The van der Waals surface area contributed by atoms with Gasteiger partial charge in [-0.2, -0.15) is 0 Å². The molecule has 3 saturated carbocycles. The topological polar surface area (TPSA) is 77.8 Å². The Balaban J connectivity index is 1.53. The molecule has 3 aliphatic carbocycles. The molecule has 0 amide bonds. The zero-order valence-electron chi connectivity index (χ0n) is 18.0. The molecule has 6 atom stereocenters. The van der Waals surface area contributed by atoms with Gasteiger partial charge in [0.25, 0.3) is 0 Å². The second-order valence-corrected chi connectivity index (χ2v) is 9.85. The molecule has 0 aromatic heterocycles. The number of carboxylic acid groups (broad SMARTS) is 1. The largest absolute Gasteiger partial charge is 0.481 e. The number of hydrogen-bond acceptors (Lipinski definition) is 3. The lowest BCUT2D eigenvalue weighted by molar-refractivity contribution is -0.137. The summed E-state index contributed by atoms with van der Waals surface area (Å²) in [6.07, 6.45) is 18.0. The first-order valence-corrected chi connectivity index (χ1v) is 11.9. The molecule has 0 bridgehead atoms. The van der Waals surface area contributed by atoms with Gasteiger partial charge in [-0.05, 0) is 55.8 Å². The van der Waals surface area contributed by atoms with Gasteiger partial charge in [-0.15, -0.1) is 0 Å². The highest BCUT2D eigenvalue weighted by Crippen LogP contribution is 2.50. The van der Waals surface area contributed by atoms with Gasteiger partial charge in [0.15, 0.2) is 0 Å². The van der Waals surface area contributed by atoms with E-state index in [1.165, 1.54) is 44.1 Å². The van der Waals surface area contributed by atoms with Crippen LogP contribution in [0.5, 0.6) is 0 Å². The van der Waals surface area contributed by atoms with Crippen molar-refractivity contribution in [3.8, 4) is 0 Å². The third-order valence-corrected chi connectivity index (χ3v) is 7.85. The van der Waals surface area contributed by atoms with E-state index < -0.39 is 12.1 Å². The molecule has 3 rings (SSSR count). The van der Waals surface area contributed by atoms with Gasteiger partial charge in [0.1, 0.15) is 0 Å². The Labute approximate surface area is 176 Å². The minimum atomic E-state index is -0.725. The van der Waals surface area contributed by atoms with E-state index in [1.54, 1.807) is 0 Å². The number of fused-ring (bicyclic) bond motifs is 1. The van der Waals surface area contributed by atoms with Crippen LogP contribution in [-0.2, 0) is 4.79 Å². The first-order chi connectivity index (χ1) is 14.0. The number of allylic oxidation sites excluding steroid dienone is 2. The van der Waals surface area contributed by atoms with Crippen LogP contribution in [0, 0.1) is 29.6 Å². The Bertz CT molecular complexity index is 588. The molecule has 0 saturated heterocycles. The maximum absolute atomic E-state index is 10.8. The minimum Gasteiger partial charge on any atom is -0.481 e.